The van der Waals surface area contributed by atoms with Gasteiger partial charge in [0.15, 0.2) is 0 Å². The number of nitrogens with one attached hydrogen (secondary N) is 1. The van der Waals surface area contributed by atoms with E-state index in [2.05, 4.69) is 15.6 Å². The molecule has 0 aliphatic rings. The first-order chi connectivity index (χ1) is 11.1. The van der Waals surface area contributed by atoms with Crippen molar-refractivity contribution in [3.8, 4) is 11.3 Å². The van der Waals surface area contributed by atoms with E-state index in [1.165, 1.54) is 0 Å². The summed E-state index contributed by atoms with van der Waals surface area (Å²) in [5.41, 5.74) is 3.54. The Morgan fingerprint density at radius 2 is 2.04 bits per heavy atom. The molecular formula is C17H18N4O2. The van der Waals surface area contributed by atoms with Crippen LogP contribution in [0.5, 0.6) is 0 Å². The quantitative estimate of drug-likeness (QED) is 0.786. The average Bonchev–Trinajstić information content (AvgIpc) is 3.13. The Bertz CT molecular complexity index is 805. The molecule has 2 aromatic heterocycles. The number of hydrogen-bond acceptors (Lipinski definition) is 4. The number of aromatic nitrogens is 3. The van der Waals surface area contributed by atoms with E-state index in [-0.39, 0.29) is 5.91 Å². The van der Waals surface area contributed by atoms with E-state index in [0.29, 0.717) is 18.7 Å². The number of hydrogen-bond donors (Lipinski definition) is 1. The first-order valence-corrected chi connectivity index (χ1v) is 7.43. The van der Waals surface area contributed by atoms with Crippen molar-refractivity contribution in [2.75, 3.05) is 5.32 Å². The zero-order valence-corrected chi connectivity index (χ0v) is 13.1. The van der Waals surface area contributed by atoms with E-state index in [1.54, 1.807) is 10.9 Å². The third-order valence-electron chi connectivity index (χ3n) is 3.75. The Morgan fingerprint density at radius 1 is 1.26 bits per heavy atom. The Labute approximate surface area is 134 Å². The van der Waals surface area contributed by atoms with Crippen LogP contribution in [0.4, 0.5) is 5.88 Å². The first kappa shape index (κ1) is 15.0. The summed E-state index contributed by atoms with van der Waals surface area (Å²) >= 11 is 0. The van der Waals surface area contributed by atoms with Gasteiger partial charge in [-0.05, 0) is 19.4 Å². The minimum absolute atomic E-state index is 0.106. The number of amides is 1. The van der Waals surface area contributed by atoms with Crippen molar-refractivity contribution in [3.63, 3.8) is 0 Å². The molecule has 0 saturated heterocycles. The second-order valence-corrected chi connectivity index (χ2v) is 5.35. The number of aryl methyl sites for hydroxylation is 2. The normalized spacial score (nSPS) is 10.7. The number of benzene rings is 1. The SMILES string of the molecule is Cc1c(-c2ccccc2)noc1NC(=O)CCc1ccnn1C. The summed E-state index contributed by atoms with van der Waals surface area (Å²) < 4.78 is 7.05. The fourth-order valence-electron chi connectivity index (χ4n) is 2.39. The van der Waals surface area contributed by atoms with Crippen molar-refractivity contribution in [2.45, 2.75) is 19.8 Å². The van der Waals surface area contributed by atoms with Crippen LogP contribution in [0.15, 0.2) is 47.1 Å². The number of nitrogens with zero attached hydrogens (tertiary/aromatic N) is 3. The lowest BCUT2D eigenvalue weighted by atomic mass is 10.1. The molecule has 0 atom stereocenters. The number of anilines is 1. The Morgan fingerprint density at radius 3 is 2.74 bits per heavy atom. The number of rotatable bonds is 5. The third kappa shape index (κ3) is 3.31. The molecule has 1 amide bonds. The van der Waals surface area contributed by atoms with Crippen molar-refractivity contribution in [1.82, 2.24) is 14.9 Å². The molecule has 6 nitrogen and oxygen atoms in total. The van der Waals surface area contributed by atoms with Crippen LogP contribution in [0.3, 0.4) is 0 Å². The van der Waals surface area contributed by atoms with Gasteiger partial charge in [0.1, 0.15) is 5.69 Å². The van der Waals surface area contributed by atoms with E-state index >= 15 is 0 Å². The van der Waals surface area contributed by atoms with Crippen LogP contribution in [-0.2, 0) is 18.3 Å². The molecule has 0 saturated carbocycles. The molecule has 118 valence electrons. The molecule has 6 heteroatoms. The maximum absolute atomic E-state index is 12.1. The fraction of sp³-hybridized carbons (Fsp3) is 0.235. The van der Waals surface area contributed by atoms with Crippen molar-refractivity contribution < 1.29 is 9.32 Å². The molecule has 23 heavy (non-hydrogen) atoms. The zero-order valence-electron chi connectivity index (χ0n) is 13.1. The van der Waals surface area contributed by atoms with Gasteiger partial charge < -0.3 is 4.52 Å². The summed E-state index contributed by atoms with van der Waals surface area (Å²) in [6.07, 6.45) is 2.71. The van der Waals surface area contributed by atoms with Gasteiger partial charge in [-0.25, -0.2) is 0 Å². The second kappa shape index (κ2) is 6.48. The van der Waals surface area contributed by atoms with Crippen LogP contribution >= 0.6 is 0 Å². The van der Waals surface area contributed by atoms with Gasteiger partial charge >= 0.3 is 0 Å². The van der Waals surface area contributed by atoms with E-state index in [0.717, 1.165) is 22.5 Å². The highest BCUT2D eigenvalue weighted by atomic mass is 16.5. The average molecular weight is 310 g/mol. The van der Waals surface area contributed by atoms with Gasteiger partial charge in [-0.3, -0.25) is 14.8 Å². The zero-order chi connectivity index (χ0) is 16.2. The van der Waals surface area contributed by atoms with Gasteiger partial charge in [-0.1, -0.05) is 35.5 Å². The van der Waals surface area contributed by atoms with Crippen molar-refractivity contribution >= 4 is 11.8 Å². The van der Waals surface area contributed by atoms with Gasteiger partial charge in [0, 0.05) is 36.5 Å². The molecule has 3 rings (SSSR count). The first-order valence-electron chi connectivity index (χ1n) is 7.43. The minimum Gasteiger partial charge on any atom is -0.338 e. The van der Waals surface area contributed by atoms with Gasteiger partial charge in [0.05, 0.1) is 0 Å². The molecule has 0 fully saturated rings. The summed E-state index contributed by atoms with van der Waals surface area (Å²) in [6, 6.07) is 11.6. The standard InChI is InChI=1S/C17H18N4O2/c1-12-16(13-6-4-3-5-7-13)20-23-17(12)19-15(22)9-8-14-10-11-18-21(14)2/h3-7,10-11H,8-9H2,1-2H3,(H,19,22). The van der Waals surface area contributed by atoms with Gasteiger partial charge in [0.2, 0.25) is 11.8 Å². The molecule has 0 aliphatic heterocycles. The van der Waals surface area contributed by atoms with Crippen LogP contribution in [0.25, 0.3) is 11.3 Å². The molecule has 3 aromatic rings. The monoisotopic (exact) mass is 310 g/mol. The Balaban J connectivity index is 1.65. The lowest BCUT2D eigenvalue weighted by Crippen LogP contribution is -2.13. The molecule has 0 bridgehead atoms. The Kier molecular flexibility index (Phi) is 4.23. The minimum atomic E-state index is -0.106. The van der Waals surface area contributed by atoms with Gasteiger partial charge in [-0.15, -0.1) is 0 Å². The molecular weight excluding hydrogens is 292 g/mol. The highest BCUT2D eigenvalue weighted by Crippen LogP contribution is 2.27. The maximum Gasteiger partial charge on any atom is 0.234 e. The maximum atomic E-state index is 12.1. The van der Waals surface area contributed by atoms with Crippen LogP contribution in [-0.4, -0.2) is 20.8 Å². The van der Waals surface area contributed by atoms with E-state index < -0.39 is 0 Å². The third-order valence-corrected chi connectivity index (χ3v) is 3.75. The molecule has 0 unspecified atom stereocenters. The summed E-state index contributed by atoms with van der Waals surface area (Å²) in [7, 11) is 1.86. The van der Waals surface area contributed by atoms with Gasteiger partial charge in [0.25, 0.3) is 0 Å². The molecule has 2 heterocycles. The summed E-state index contributed by atoms with van der Waals surface area (Å²) in [4.78, 5) is 12.1. The lowest BCUT2D eigenvalue weighted by Gasteiger charge is -2.03. The largest absolute Gasteiger partial charge is 0.338 e. The number of carbonyl (C=O) groups is 1. The van der Waals surface area contributed by atoms with E-state index in [4.69, 9.17) is 4.52 Å². The molecule has 1 aromatic carbocycles. The topological polar surface area (TPSA) is 73.0 Å². The molecule has 1 N–H and O–H groups in total. The van der Waals surface area contributed by atoms with Crippen molar-refractivity contribution in [2.24, 2.45) is 7.05 Å². The van der Waals surface area contributed by atoms with Crippen molar-refractivity contribution in [1.29, 1.82) is 0 Å². The fourth-order valence-corrected chi connectivity index (χ4v) is 2.39. The Hall–Kier alpha value is -2.89. The summed E-state index contributed by atoms with van der Waals surface area (Å²) in [5.74, 6) is 0.295. The predicted octanol–water partition coefficient (Wildman–Crippen LogP) is 2.95. The summed E-state index contributed by atoms with van der Waals surface area (Å²) in [5, 5.41) is 10.9. The van der Waals surface area contributed by atoms with Crippen LogP contribution in [0.1, 0.15) is 17.7 Å². The molecule has 0 aliphatic carbocycles. The molecule has 0 spiro atoms. The van der Waals surface area contributed by atoms with Crippen molar-refractivity contribution in [3.05, 3.63) is 53.9 Å². The lowest BCUT2D eigenvalue weighted by molar-refractivity contribution is -0.116. The van der Waals surface area contributed by atoms with Crippen LogP contribution in [0.2, 0.25) is 0 Å². The predicted molar refractivity (Wildman–Crippen MR) is 86.8 cm³/mol. The highest BCUT2D eigenvalue weighted by Gasteiger charge is 2.15. The summed E-state index contributed by atoms with van der Waals surface area (Å²) in [6.45, 7) is 1.88. The van der Waals surface area contributed by atoms with Gasteiger partial charge in [-0.2, -0.15) is 5.10 Å². The van der Waals surface area contributed by atoms with Crippen LogP contribution in [0, 0.1) is 6.92 Å². The van der Waals surface area contributed by atoms with Crippen LogP contribution < -0.4 is 5.32 Å². The van der Waals surface area contributed by atoms with E-state index in [9.17, 15) is 4.79 Å². The number of carbonyl (C=O) groups excluding carboxylic acids is 1. The highest BCUT2D eigenvalue weighted by molar-refractivity contribution is 5.91. The smallest absolute Gasteiger partial charge is 0.234 e. The second-order valence-electron chi connectivity index (χ2n) is 5.35. The molecule has 0 radical (unpaired) electrons. The van der Waals surface area contributed by atoms with E-state index in [1.807, 2.05) is 50.4 Å².